The molecule has 0 aliphatic carbocycles. The van der Waals surface area contributed by atoms with Crippen LogP contribution in [-0.2, 0) is 4.79 Å². The Morgan fingerprint density at radius 1 is 0.952 bits per heavy atom. The Morgan fingerprint density at radius 2 is 1.62 bits per heavy atom. The fourth-order valence-electron chi connectivity index (χ4n) is 1.81. The minimum absolute atomic E-state index is 0.175. The van der Waals surface area contributed by atoms with Crippen molar-refractivity contribution in [3.63, 3.8) is 0 Å². The van der Waals surface area contributed by atoms with E-state index in [1.54, 1.807) is 6.07 Å². The van der Waals surface area contributed by atoms with Crippen LogP contribution >= 0.6 is 46.4 Å². The summed E-state index contributed by atoms with van der Waals surface area (Å²) in [6.45, 7) is 0. The van der Waals surface area contributed by atoms with Gasteiger partial charge in [0.2, 0.25) is 0 Å². The smallest absolute Gasteiger partial charge is 0.337 e. The van der Waals surface area contributed by atoms with E-state index in [4.69, 9.17) is 51.5 Å². The third-order valence-electron chi connectivity index (χ3n) is 2.82. The fourth-order valence-corrected chi connectivity index (χ4v) is 2.74. The Kier molecular flexibility index (Phi) is 5.02. The first-order chi connectivity index (χ1) is 9.81. The van der Waals surface area contributed by atoms with Crippen LogP contribution in [0.25, 0.3) is 11.1 Å². The van der Waals surface area contributed by atoms with E-state index in [9.17, 15) is 9.90 Å². The molecule has 21 heavy (non-hydrogen) atoms. The van der Waals surface area contributed by atoms with Crippen LogP contribution in [0, 0.1) is 0 Å². The van der Waals surface area contributed by atoms with E-state index in [0.29, 0.717) is 21.2 Å². The lowest BCUT2D eigenvalue weighted by Gasteiger charge is -2.12. The average molecular weight is 366 g/mol. The number of carbonyl (C=O) groups is 1. The molecule has 2 aromatic carbocycles. The highest BCUT2D eigenvalue weighted by atomic mass is 35.5. The van der Waals surface area contributed by atoms with Crippen LogP contribution in [0.3, 0.4) is 0 Å². The van der Waals surface area contributed by atoms with E-state index in [-0.39, 0.29) is 15.6 Å². The van der Waals surface area contributed by atoms with Gasteiger partial charge in [-0.2, -0.15) is 0 Å². The van der Waals surface area contributed by atoms with Crippen LogP contribution in [0.15, 0.2) is 30.3 Å². The van der Waals surface area contributed by atoms with Gasteiger partial charge in [0.05, 0.1) is 10.0 Å². The summed E-state index contributed by atoms with van der Waals surface area (Å²) in [5, 5.41) is 19.6. The molecule has 0 aliphatic heterocycles. The molecule has 0 amide bonds. The number of carboxylic acids is 1. The highest BCUT2D eigenvalue weighted by molar-refractivity contribution is 6.45. The molecule has 3 nitrogen and oxygen atoms in total. The molecule has 0 saturated carbocycles. The zero-order valence-electron chi connectivity index (χ0n) is 10.3. The van der Waals surface area contributed by atoms with Gasteiger partial charge in [0.15, 0.2) is 6.10 Å². The van der Waals surface area contributed by atoms with Gasteiger partial charge in [-0.15, -0.1) is 0 Å². The van der Waals surface area contributed by atoms with E-state index < -0.39 is 12.1 Å². The summed E-state index contributed by atoms with van der Waals surface area (Å²) in [6, 6.07) is 7.38. The number of aliphatic hydroxyl groups excluding tert-OH is 1. The molecule has 0 spiro atoms. The first kappa shape index (κ1) is 16.4. The predicted octanol–water partition coefficient (Wildman–Crippen LogP) is 5.09. The second-order valence-electron chi connectivity index (χ2n) is 4.23. The number of halogens is 4. The Morgan fingerprint density at radius 3 is 2.24 bits per heavy atom. The van der Waals surface area contributed by atoms with Gasteiger partial charge in [-0.3, -0.25) is 0 Å². The predicted molar refractivity (Wildman–Crippen MR) is 84.5 cm³/mol. The first-order valence-electron chi connectivity index (χ1n) is 5.66. The third kappa shape index (κ3) is 3.44. The summed E-state index contributed by atoms with van der Waals surface area (Å²) in [4.78, 5) is 10.9. The van der Waals surface area contributed by atoms with E-state index in [0.717, 1.165) is 0 Å². The molecule has 0 heterocycles. The summed E-state index contributed by atoms with van der Waals surface area (Å²) in [6.07, 6.45) is -1.66. The summed E-state index contributed by atoms with van der Waals surface area (Å²) in [5.41, 5.74) is 1.07. The molecule has 0 aliphatic rings. The topological polar surface area (TPSA) is 57.5 Å². The largest absolute Gasteiger partial charge is 0.479 e. The molecular formula is C14H8Cl4O3. The second-order valence-corrected chi connectivity index (χ2v) is 5.86. The zero-order chi connectivity index (χ0) is 15.7. The van der Waals surface area contributed by atoms with Crippen molar-refractivity contribution < 1.29 is 15.0 Å². The molecule has 0 saturated heterocycles. The lowest BCUT2D eigenvalue weighted by molar-refractivity contribution is -0.146. The van der Waals surface area contributed by atoms with Crippen molar-refractivity contribution in [3.8, 4) is 11.1 Å². The quantitative estimate of drug-likeness (QED) is 0.745. The Balaban J connectivity index is 2.64. The molecule has 2 rings (SSSR count). The van der Waals surface area contributed by atoms with Gasteiger partial charge in [-0.05, 0) is 29.8 Å². The van der Waals surface area contributed by atoms with Gasteiger partial charge >= 0.3 is 5.97 Å². The molecule has 2 N–H and O–H groups in total. The van der Waals surface area contributed by atoms with Crippen LogP contribution in [0.2, 0.25) is 20.1 Å². The number of benzene rings is 2. The van der Waals surface area contributed by atoms with Gasteiger partial charge in [-0.25, -0.2) is 4.79 Å². The minimum atomic E-state index is -1.66. The molecule has 1 atom stereocenters. The number of aliphatic carboxylic acids is 1. The summed E-state index contributed by atoms with van der Waals surface area (Å²) in [5.74, 6) is -1.36. The van der Waals surface area contributed by atoms with Gasteiger partial charge in [0.25, 0.3) is 0 Å². The Bertz CT molecular complexity index is 716. The highest BCUT2D eigenvalue weighted by Gasteiger charge is 2.19. The summed E-state index contributed by atoms with van der Waals surface area (Å²) < 4.78 is 0. The normalized spacial score (nSPS) is 12.2. The maximum absolute atomic E-state index is 10.9. The lowest BCUT2D eigenvalue weighted by atomic mass is 10.0. The number of aliphatic hydroxyl groups is 1. The standard InChI is InChI=1S/C14H8Cl4O3/c15-7-4-9(12(18)11(17)5-7)8-3-6(1-2-10(8)16)13(19)14(20)21/h1-5,13,19H,(H,20,21). The monoisotopic (exact) mass is 364 g/mol. The summed E-state index contributed by atoms with van der Waals surface area (Å²) in [7, 11) is 0. The van der Waals surface area contributed by atoms with Crippen molar-refractivity contribution >= 4 is 52.4 Å². The number of carboxylic acid groups (broad SMARTS) is 1. The molecule has 7 heteroatoms. The van der Waals surface area contributed by atoms with Crippen molar-refractivity contribution in [2.24, 2.45) is 0 Å². The van der Waals surface area contributed by atoms with E-state index in [1.165, 1.54) is 24.3 Å². The molecule has 0 fully saturated rings. The number of hydrogen-bond donors (Lipinski definition) is 2. The highest BCUT2D eigenvalue weighted by Crippen LogP contribution is 2.40. The molecule has 0 aromatic heterocycles. The van der Waals surface area contributed by atoms with Crippen LogP contribution in [-0.4, -0.2) is 16.2 Å². The lowest BCUT2D eigenvalue weighted by Crippen LogP contribution is -2.10. The van der Waals surface area contributed by atoms with Crippen molar-refractivity contribution in [2.75, 3.05) is 0 Å². The first-order valence-corrected chi connectivity index (χ1v) is 7.17. The van der Waals surface area contributed by atoms with Crippen LogP contribution < -0.4 is 0 Å². The third-order valence-corrected chi connectivity index (χ3v) is 4.17. The molecule has 0 radical (unpaired) electrons. The second kappa shape index (κ2) is 6.42. The molecule has 110 valence electrons. The van der Waals surface area contributed by atoms with Crippen LogP contribution in [0.5, 0.6) is 0 Å². The van der Waals surface area contributed by atoms with Gasteiger partial charge in [0, 0.05) is 21.2 Å². The fraction of sp³-hybridized carbons (Fsp3) is 0.0714. The van der Waals surface area contributed by atoms with Crippen LogP contribution in [0.1, 0.15) is 11.7 Å². The van der Waals surface area contributed by atoms with Crippen molar-refractivity contribution in [1.29, 1.82) is 0 Å². The number of rotatable bonds is 3. The van der Waals surface area contributed by atoms with Gasteiger partial charge < -0.3 is 10.2 Å². The Hall–Kier alpha value is -0.970. The maximum atomic E-state index is 10.9. The minimum Gasteiger partial charge on any atom is -0.479 e. The van der Waals surface area contributed by atoms with E-state index in [1.807, 2.05) is 0 Å². The maximum Gasteiger partial charge on any atom is 0.337 e. The zero-order valence-corrected chi connectivity index (χ0v) is 13.3. The van der Waals surface area contributed by atoms with Crippen molar-refractivity contribution in [3.05, 3.63) is 56.0 Å². The van der Waals surface area contributed by atoms with E-state index in [2.05, 4.69) is 0 Å². The molecule has 1 unspecified atom stereocenters. The SMILES string of the molecule is O=C(O)C(O)c1ccc(Cl)c(-c2cc(Cl)cc(Cl)c2Cl)c1. The van der Waals surface area contributed by atoms with Gasteiger partial charge in [0.1, 0.15) is 0 Å². The van der Waals surface area contributed by atoms with E-state index >= 15 is 0 Å². The van der Waals surface area contributed by atoms with Crippen molar-refractivity contribution in [1.82, 2.24) is 0 Å². The molecular weight excluding hydrogens is 358 g/mol. The number of hydrogen-bond acceptors (Lipinski definition) is 2. The average Bonchev–Trinajstić information content (AvgIpc) is 2.42. The van der Waals surface area contributed by atoms with Gasteiger partial charge in [-0.1, -0.05) is 52.5 Å². The van der Waals surface area contributed by atoms with Crippen LogP contribution in [0.4, 0.5) is 0 Å². The van der Waals surface area contributed by atoms with Crippen molar-refractivity contribution in [2.45, 2.75) is 6.10 Å². The Labute approximate surface area is 140 Å². The molecule has 0 bridgehead atoms. The molecule has 2 aromatic rings. The summed E-state index contributed by atoms with van der Waals surface area (Å²) >= 11 is 24.2.